The maximum Gasteiger partial charge on any atom is 0.309 e. The molecule has 0 saturated carbocycles. The lowest BCUT2D eigenvalue weighted by molar-refractivity contribution is -0.154. The van der Waals surface area contributed by atoms with Gasteiger partial charge >= 0.3 is 11.9 Å². The van der Waals surface area contributed by atoms with Crippen LogP contribution in [0, 0.1) is 11.8 Å². The fraction of sp³-hybridized carbons (Fsp3) is 0.818. The number of carbonyl (C=O) groups is 2. The van der Waals surface area contributed by atoms with E-state index < -0.39 is 11.9 Å². The molecule has 1 atom stereocenters. The first-order chi connectivity index (χ1) is 6.99. The second kappa shape index (κ2) is 7.26. The van der Waals surface area contributed by atoms with Crippen LogP contribution in [0.3, 0.4) is 0 Å². The van der Waals surface area contributed by atoms with Crippen LogP contribution in [0.1, 0.15) is 40.0 Å². The summed E-state index contributed by atoms with van der Waals surface area (Å²) in [6.45, 7) is 6.05. The van der Waals surface area contributed by atoms with E-state index in [-0.39, 0.29) is 18.3 Å². The van der Waals surface area contributed by atoms with Gasteiger partial charge in [0.25, 0.3) is 0 Å². The molecule has 0 aromatic carbocycles. The third-order valence-electron chi connectivity index (χ3n) is 2.24. The van der Waals surface area contributed by atoms with Gasteiger partial charge in [0, 0.05) is 0 Å². The lowest BCUT2D eigenvalue weighted by atomic mass is 9.93. The van der Waals surface area contributed by atoms with Crippen molar-refractivity contribution in [2.75, 3.05) is 6.61 Å². The number of hydrogen-bond donors (Lipinski definition) is 1. The van der Waals surface area contributed by atoms with Crippen molar-refractivity contribution in [1.82, 2.24) is 0 Å². The van der Waals surface area contributed by atoms with E-state index in [0.29, 0.717) is 6.61 Å². The number of carbonyl (C=O) groups excluding carboxylic acids is 1. The van der Waals surface area contributed by atoms with Crippen LogP contribution in [-0.2, 0) is 14.3 Å². The van der Waals surface area contributed by atoms with Crippen molar-refractivity contribution in [3.8, 4) is 0 Å². The van der Waals surface area contributed by atoms with Crippen LogP contribution in [0.5, 0.6) is 0 Å². The zero-order valence-electron chi connectivity index (χ0n) is 9.66. The standard InChI is InChI=1S/C11H20O4/c1-4-5-6-15-11(14)9(8(2)3)7-10(12)13/h8-9H,4-7H2,1-3H3,(H,12,13)/t9-/m0/s1. The van der Waals surface area contributed by atoms with Gasteiger partial charge in [-0.05, 0) is 12.3 Å². The molecule has 0 amide bonds. The van der Waals surface area contributed by atoms with E-state index in [4.69, 9.17) is 9.84 Å². The second-order valence-electron chi connectivity index (χ2n) is 3.97. The molecule has 1 N–H and O–H groups in total. The Labute approximate surface area is 90.6 Å². The fourth-order valence-corrected chi connectivity index (χ4v) is 1.20. The first kappa shape index (κ1) is 13.9. The van der Waals surface area contributed by atoms with E-state index in [1.807, 2.05) is 20.8 Å². The van der Waals surface area contributed by atoms with Gasteiger partial charge in [-0.1, -0.05) is 27.2 Å². The van der Waals surface area contributed by atoms with Crippen molar-refractivity contribution >= 4 is 11.9 Å². The van der Waals surface area contributed by atoms with Gasteiger partial charge in [-0.3, -0.25) is 9.59 Å². The Morgan fingerprint density at radius 2 is 1.93 bits per heavy atom. The van der Waals surface area contributed by atoms with Crippen LogP contribution in [0.2, 0.25) is 0 Å². The minimum absolute atomic E-state index is 0.00442. The monoisotopic (exact) mass is 216 g/mol. The summed E-state index contributed by atoms with van der Waals surface area (Å²) in [7, 11) is 0. The van der Waals surface area contributed by atoms with Crippen molar-refractivity contribution in [1.29, 1.82) is 0 Å². The number of unbranched alkanes of at least 4 members (excludes halogenated alkanes) is 1. The summed E-state index contributed by atoms with van der Waals surface area (Å²) in [6.07, 6.45) is 1.63. The second-order valence-corrected chi connectivity index (χ2v) is 3.97. The molecule has 0 radical (unpaired) electrons. The SMILES string of the molecule is CCCCOC(=O)[C@@H](CC(=O)O)C(C)C. The molecule has 15 heavy (non-hydrogen) atoms. The first-order valence-electron chi connectivity index (χ1n) is 5.37. The summed E-state index contributed by atoms with van der Waals surface area (Å²) < 4.78 is 5.00. The van der Waals surface area contributed by atoms with Gasteiger partial charge < -0.3 is 9.84 Å². The third kappa shape index (κ3) is 6.10. The average molecular weight is 216 g/mol. The Balaban J connectivity index is 4.11. The van der Waals surface area contributed by atoms with E-state index in [9.17, 15) is 9.59 Å². The summed E-state index contributed by atoms with van der Waals surface area (Å²) in [5.74, 6) is -1.88. The zero-order valence-corrected chi connectivity index (χ0v) is 9.66. The molecule has 0 aliphatic carbocycles. The molecular weight excluding hydrogens is 196 g/mol. The van der Waals surface area contributed by atoms with Crippen LogP contribution < -0.4 is 0 Å². The average Bonchev–Trinajstić information content (AvgIpc) is 2.13. The van der Waals surface area contributed by atoms with Gasteiger partial charge in [-0.2, -0.15) is 0 Å². The summed E-state index contributed by atoms with van der Waals surface area (Å²) >= 11 is 0. The fourth-order valence-electron chi connectivity index (χ4n) is 1.20. The van der Waals surface area contributed by atoms with E-state index in [2.05, 4.69) is 0 Å². The Morgan fingerprint density at radius 3 is 2.33 bits per heavy atom. The quantitative estimate of drug-likeness (QED) is 0.522. The minimum Gasteiger partial charge on any atom is -0.481 e. The molecule has 0 aromatic rings. The number of esters is 1. The molecule has 0 aromatic heterocycles. The largest absolute Gasteiger partial charge is 0.481 e. The first-order valence-corrected chi connectivity index (χ1v) is 5.37. The Hall–Kier alpha value is -1.06. The summed E-state index contributed by atoms with van der Waals surface area (Å²) in [5, 5.41) is 8.65. The van der Waals surface area contributed by atoms with Crippen molar-refractivity contribution in [2.45, 2.75) is 40.0 Å². The highest BCUT2D eigenvalue weighted by molar-refractivity contribution is 5.79. The molecule has 0 aliphatic rings. The van der Waals surface area contributed by atoms with E-state index >= 15 is 0 Å². The van der Waals surface area contributed by atoms with Gasteiger partial charge in [-0.15, -0.1) is 0 Å². The number of hydrogen-bond acceptors (Lipinski definition) is 3. The van der Waals surface area contributed by atoms with Crippen molar-refractivity contribution in [3.63, 3.8) is 0 Å². The minimum atomic E-state index is -0.957. The van der Waals surface area contributed by atoms with E-state index in [1.54, 1.807) is 0 Å². The molecule has 0 spiro atoms. The van der Waals surface area contributed by atoms with Gasteiger partial charge in [-0.25, -0.2) is 0 Å². The molecule has 0 saturated heterocycles. The van der Waals surface area contributed by atoms with Crippen molar-refractivity contribution in [2.24, 2.45) is 11.8 Å². The summed E-state index contributed by atoms with van der Waals surface area (Å²) in [4.78, 5) is 22.1. The molecule has 0 unspecified atom stereocenters. The number of carboxylic acid groups (broad SMARTS) is 1. The lowest BCUT2D eigenvalue weighted by Crippen LogP contribution is -2.25. The molecular formula is C11H20O4. The lowest BCUT2D eigenvalue weighted by Gasteiger charge is -2.17. The molecule has 0 fully saturated rings. The third-order valence-corrected chi connectivity index (χ3v) is 2.24. The van der Waals surface area contributed by atoms with Gasteiger partial charge in [0.1, 0.15) is 0 Å². The summed E-state index contributed by atoms with van der Waals surface area (Å²) in [6, 6.07) is 0. The number of carboxylic acids is 1. The van der Waals surface area contributed by atoms with Crippen LogP contribution in [0.25, 0.3) is 0 Å². The smallest absolute Gasteiger partial charge is 0.309 e. The highest BCUT2D eigenvalue weighted by Crippen LogP contribution is 2.17. The van der Waals surface area contributed by atoms with Crippen molar-refractivity contribution in [3.05, 3.63) is 0 Å². The topological polar surface area (TPSA) is 63.6 Å². The molecule has 4 nitrogen and oxygen atoms in total. The van der Waals surface area contributed by atoms with E-state index in [1.165, 1.54) is 0 Å². The Bertz CT molecular complexity index is 211. The van der Waals surface area contributed by atoms with Crippen molar-refractivity contribution < 1.29 is 19.4 Å². The Kier molecular flexibility index (Phi) is 6.75. The molecule has 0 rings (SSSR count). The van der Waals surface area contributed by atoms with Crippen LogP contribution in [0.4, 0.5) is 0 Å². The number of rotatable bonds is 7. The van der Waals surface area contributed by atoms with Crippen LogP contribution in [0.15, 0.2) is 0 Å². The van der Waals surface area contributed by atoms with E-state index in [0.717, 1.165) is 12.8 Å². The van der Waals surface area contributed by atoms with Gasteiger partial charge in [0.2, 0.25) is 0 Å². The molecule has 0 heterocycles. The van der Waals surface area contributed by atoms with Crippen LogP contribution >= 0.6 is 0 Å². The van der Waals surface area contributed by atoms with Gasteiger partial charge in [0.05, 0.1) is 18.9 Å². The highest BCUT2D eigenvalue weighted by atomic mass is 16.5. The maximum atomic E-state index is 11.5. The predicted molar refractivity (Wildman–Crippen MR) is 56.4 cm³/mol. The Morgan fingerprint density at radius 1 is 1.33 bits per heavy atom. The number of aliphatic carboxylic acids is 1. The molecule has 0 bridgehead atoms. The number of ether oxygens (including phenoxy) is 1. The maximum absolute atomic E-state index is 11.5. The highest BCUT2D eigenvalue weighted by Gasteiger charge is 2.26. The van der Waals surface area contributed by atoms with Crippen LogP contribution in [-0.4, -0.2) is 23.7 Å². The predicted octanol–water partition coefficient (Wildman–Crippen LogP) is 2.08. The molecule has 4 heteroatoms. The normalized spacial score (nSPS) is 12.5. The molecule has 88 valence electrons. The molecule has 0 aliphatic heterocycles. The zero-order chi connectivity index (χ0) is 11.8. The van der Waals surface area contributed by atoms with Gasteiger partial charge in [0.15, 0.2) is 0 Å². The summed E-state index contributed by atoms with van der Waals surface area (Å²) in [5.41, 5.74) is 0.